The van der Waals surface area contributed by atoms with Crippen molar-refractivity contribution in [1.29, 1.82) is 0 Å². The molecule has 1 N–H and O–H groups in total. The molecule has 13 heteroatoms. The van der Waals surface area contributed by atoms with E-state index in [0.29, 0.717) is 57.2 Å². The Balaban J connectivity index is 1.55. The zero-order valence-corrected chi connectivity index (χ0v) is 26.8. The molecular formula is C35H31ClF6N2O4. The average molecular weight is 693 g/mol. The zero-order chi connectivity index (χ0) is 35.2. The van der Waals surface area contributed by atoms with Crippen LogP contribution in [0.2, 0.25) is 5.02 Å². The van der Waals surface area contributed by atoms with Gasteiger partial charge < -0.3 is 9.84 Å². The average Bonchev–Trinajstić information content (AvgIpc) is 3.29. The molecule has 3 aromatic rings. The molecule has 2 aromatic carbocycles. The molecule has 1 fully saturated rings. The van der Waals surface area contributed by atoms with Crippen LogP contribution in [0, 0.1) is 5.41 Å². The number of hydrogen-bond donors (Lipinski definition) is 1. The van der Waals surface area contributed by atoms with Crippen LogP contribution in [-0.4, -0.2) is 33.1 Å². The van der Waals surface area contributed by atoms with Crippen molar-refractivity contribution >= 4 is 29.2 Å². The number of allylic oxidation sites excluding steroid dienone is 3. The van der Waals surface area contributed by atoms with Crippen LogP contribution < -0.4 is 0 Å². The summed E-state index contributed by atoms with van der Waals surface area (Å²) >= 11 is 6.69. The van der Waals surface area contributed by atoms with E-state index in [2.05, 4.69) is 0 Å². The summed E-state index contributed by atoms with van der Waals surface area (Å²) in [6.45, 7) is 4.86. The molecule has 0 saturated carbocycles. The van der Waals surface area contributed by atoms with Gasteiger partial charge in [-0.3, -0.25) is 14.7 Å². The number of amides is 1. The molecule has 0 radical (unpaired) electrons. The summed E-state index contributed by atoms with van der Waals surface area (Å²) in [4.78, 5) is 31.5. The van der Waals surface area contributed by atoms with E-state index in [9.17, 15) is 41.0 Å². The van der Waals surface area contributed by atoms with Gasteiger partial charge in [0.15, 0.2) is 0 Å². The van der Waals surface area contributed by atoms with Crippen LogP contribution in [0.25, 0.3) is 16.7 Å². The SMILES string of the molecule is CCCc1ccc(-c2cc(C3=CC=CCC3(C)C(=O)O)ccc2Cl)c(CN2C(=O)O[C@H](c3cc(C(F)(F)F)cc(C(F)(F)F)c3)[C@@H]2C)n1. The fourth-order valence-electron chi connectivity index (χ4n) is 6.05. The van der Waals surface area contributed by atoms with E-state index in [1.54, 1.807) is 55.5 Å². The second-order valence-corrected chi connectivity index (χ2v) is 12.5. The first kappa shape index (κ1) is 35.0. The van der Waals surface area contributed by atoms with Crippen LogP contribution in [0.4, 0.5) is 31.1 Å². The zero-order valence-electron chi connectivity index (χ0n) is 26.0. The van der Waals surface area contributed by atoms with Gasteiger partial charge in [0, 0.05) is 21.8 Å². The van der Waals surface area contributed by atoms with Gasteiger partial charge in [-0.2, -0.15) is 26.3 Å². The van der Waals surface area contributed by atoms with Crippen LogP contribution in [0.5, 0.6) is 0 Å². The number of carboxylic acids is 1. The maximum absolute atomic E-state index is 13.6. The fraction of sp³-hybridized carbons (Fsp3) is 0.343. The van der Waals surface area contributed by atoms with E-state index >= 15 is 0 Å². The van der Waals surface area contributed by atoms with Crippen LogP contribution in [0.3, 0.4) is 0 Å². The Hall–Kier alpha value is -4.32. The number of aryl methyl sites for hydroxylation is 1. The molecule has 254 valence electrons. The number of hydrogen-bond acceptors (Lipinski definition) is 4. The van der Waals surface area contributed by atoms with Crippen molar-refractivity contribution in [2.24, 2.45) is 5.41 Å². The summed E-state index contributed by atoms with van der Waals surface area (Å²) in [5.41, 5.74) is -1.46. The summed E-state index contributed by atoms with van der Waals surface area (Å²) in [5.74, 6) is -1.000. The van der Waals surface area contributed by atoms with Gasteiger partial charge in [0.1, 0.15) is 6.10 Å². The van der Waals surface area contributed by atoms with Crippen LogP contribution >= 0.6 is 11.6 Å². The van der Waals surface area contributed by atoms with Crippen LogP contribution in [0.15, 0.2) is 66.8 Å². The number of halogens is 7. The van der Waals surface area contributed by atoms with Gasteiger partial charge in [0.05, 0.1) is 34.8 Å². The minimum absolute atomic E-state index is 0.0225. The normalized spacial score (nSPS) is 21.3. The number of carbonyl (C=O) groups excluding carboxylic acids is 1. The van der Waals surface area contributed by atoms with Gasteiger partial charge in [-0.1, -0.05) is 55.3 Å². The number of aromatic nitrogens is 1. The van der Waals surface area contributed by atoms with Gasteiger partial charge in [-0.15, -0.1) is 0 Å². The molecule has 5 rings (SSSR count). The molecule has 1 aliphatic heterocycles. The molecule has 2 heterocycles. The minimum atomic E-state index is -5.07. The highest BCUT2D eigenvalue weighted by molar-refractivity contribution is 6.33. The molecule has 2 aliphatic rings. The molecule has 1 saturated heterocycles. The lowest BCUT2D eigenvalue weighted by Crippen LogP contribution is -2.32. The Bertz CT molecular complexity index is 1790. The van der Waals surface area contributed by atoms with Crippen molar-refractivity contribution in [1.82, 2.24) is 9.88 Å². The van der Waals surface area contributed by atoms with Crippen molar-refractivity contribution < 1.29 is 45.8 Å². The second-order valence-electron chi connectivity index (χ2n) is 12.1. The predicted molar refractivity (Wildman–Crippen MR) is 167 cm³/mol. The van der Waals surface area contributed by atoms with E-state index in [-0.39, 0.29) is 19.0 Å². The first-order valence-corrected chi connectivity index (χ1v) is 15.5. The van der Waals surface area contributed by atoms with Gasteiger partial charge in [-0.05, 0) is 79.8 Å². The summed E-state index contributed by atoms with van der Waals surface area (Å²) in [7, 11) is 0. The Morgan fingerprint density at radius 3 is 2.31 bits per heavy atom. The van der Waals surface area contributed by atoms with Crippen molar-refractivity contribution in [3.63, 3.8) is 0 Å². The number of nitrogens with zero attached hydrogens (tertiary/aromatic N) is 2. The Morgan fingerprint density at radius 1 is 1.04 bits per heavy atom. The number of benzene rings is 2. The Morgan fingerprint density at radius 2 is 1.71 bits per heavy atom. The van der Waals surface area contributed by atoms with Gasteiger partial charge in [0.25, 0.3) is 0 Å². The van der Waals surface area contributed by atoms with Gasteiger partial charge in [0.2, 0.25) is 0 Å². The number of carbonyl (C=O) groups is 2. The lowest BCUT2D eigenvalue weighted by atomic mass is 9.73. The highest BCUT2D eigenvalue weighted by Crippen LogP contribution is 2.45. The second kappa shape index (κ2) is 12.9. The van der Waals surface area contributed by atoms with Crippen LogP contribution in [-0.2, 0) is 34.8 Å². The molecule has 1 aromatic heterocycles. The first-order chi connectivity index (χ1) is 22.4. The molecule has 1 amide bonds. The summed E-state index contributed by atoms with van der Waals surface area (Å²) < 4.78 is 86.9. The lowest BCUT2D eigenvalue weighted by molar-refractivity contribution is -0.145. The topological polar surface area (TPSA) is 79.7 Å². The summed E-state index contributed by atoms with van der Waals surface area (Å²) in [5, 5.41) is 10.4. The Labute approximate surface area is 277 Å². The van der Waals surface area contributed by atoms with E-state index in [1.165, 1.54) is 11.8 Å². The van der Waals surface area contributed by atoms with E-state index in [0.717, 1.165) is 6.42 Å². The van der Waals surface area contributed by atoms with Gasteiger partial charge in [-0.25, -0.2) is 4.79 Å². The predicted octanol–water partition coefficient (Wildman–Crippen LogP) is 9.91. The number of carboxylic acid groups (broad SMARTS) is 1. The minimum Gasteiger partial charge on any atom is -0.481 e. The maximum atomic E-state index is 13.6. The number of cyclic esters (lactones) is 1. The standard InChI is InChI=1S/C35H31ClF6N2O4/c1-4-7-24-10-11-25(26-16-20(9-12-28(26)36)27-8-5-6-13-33(27,3)31(45)46)29(43-24)18-44-19(2)30(48-32(44)47)21-14-22(34(37,38)39)17-23(15-21)35(40,41)42/h5-6,8-12,14-17,19,30H,4,7,13,18H2,1-3H3,(H,45,46)/t19-,30-,33?/m0/s1. The van der Waals surface area contributed by atoms with Crippen molar-refractivity contribution in [2.45, 2.75) is 71.1 Å². The van der Waals surface area contributed by atoms with E-state index in [4.69, 9.17) is 21.3 Å². The third kappa shape index (κ3) is 6.80. The monoisotopic (exact) mass is 692 g/mol. The van der Waals surface area contributed by atoms with Gasteiger partial charge >= 0.3 is 24.4 Å². The molecule has 0 spiro atoms. The fourth-order valence-corrected chi connectivity index (χ4v) is 6.27. The van der Waals surface area contributed by atoms with Crippen molar-refractivity contribution in [3.8, 4) is 11.1 Å². The maximum Gasteiger partial charge on any atom is 0.416 e. The highest BCUT2D eigenvalue weighted by atomic mass is 35.5. The number of alkyl halides is 6. The van der Waals surface area contributed by atoms with E-state index < -0.39 is 58.7 Å². The molecule has 3 atom stereocenters. The highest BCUT2D eigenvalue weighted by Gasteiger charge is 2.44. The number of pyridine rings is 1. The first-order valence-electron chi connectivity index (χ1n) is 15.1. The van der Waals surface area contributed by atoms with Crippen molar-refractivity contribution in [3.05, 3.63) is 105 Å². The quantitative estimate of drug-likeness (QED) is 0.238. The number of ether oxygens (including phenoxy) is 1. The lowest BCUT2D eigenvalue weighted by Gasteiger charge is -2.29. The number of aliphatic carboxylic acids is 1. The Kier molecular flexibility index (Phi) is 9.44. The molecule has 1 unspecified atom stereocenters. The number of rotatable bonds is 8. The molecule has 6 nitrogen and oxygen atoms in total. The molecular weight excluding hydrogens is 662 g/mol. The largest absolute Gasteiger partial charge is 0.481 e. The van der Waals surface area contributed by atoms with Crippen LogP contribution in [0.1, 0.15) is 73.4 Å². The molecule has 0 bridgehead atoms. The van der Waals surface area contributed by atoms with Crippen molar-refractivity contribution in [2.75, 3.05) is 0 Å². The summed E-state index contributed by atoms with van der Waals surface area (Å²) in [6, 6.07) is 8.81. The summed E-state index contributed by atoms with van der Waals surface area (Å²) in [6.07, 6.45) is -5.62. The smallest absolute Gasteiger partial charge is 0.416 e. The third-order valence-electron chi connectivity index (χ3n) is 8.75. The molecule has 48 heavy (non-hydrogen) atoms. The van der Waals surface area contributed by atoms with E-state index in [1.807, 2.05) is 6.92 Å². The molecule has 1 aliphatic carbocycles. The third-order valence-corrected chi connectivity index (χ3v) is 9.08.